The Morgan fingerprint density at radius 2 is 2.06 bits per heavy atom. The van der Waals surface area contributed by atoms with Crippen molar-refractivity contribution in [2.24, 2.45) is 5.92 Å². The second-order valence-corrected chi connectivity index (χ2v) is 3.75. The van der Waals surface area contributed by atoms with Crippen molar-refractivity contribution in [2.45, 2.75) is 12.8 Å². The predicted molar refractivity (Wildman–Crippen MR) is 56.3 cm³/mol. The van der Waals surface area contributed by atoms with Gasteiger partial charge in [-0.25, -0.2) is 0 Å². The zero-order valence-electron chi connectivity index (χ0n) is 9.69. The Labute approximate surface area is 94.8 Å². The lowest BCUT2D eigenvalue weighted by molar-refractivity contribution is -0.145. The first-order valence-corrected chi connectivity index (χ1v) is 5.29. The van der Waals surface area contributed by atoms with E-state index >= 15 is 0 Å². The van der Waals surface area contributed by atoms with Crippen LogP contribution in [0.25, 0.3) is 0 Å². The highest BCUT2D eigenvalue weighted by Gasteiger charge is 2.23. The summed E-state index contributed by atoms with van der Waals surface area (Å²) in [6.45, 7) is 1.17. The van der Waals surface area contributed by atoms with E-state index in [1.807, 2.05) is 0 Å². The molecule has 1 aliphatic heterocycles. The van der Waals surface area contributed by atoms with E-state index in [0.717, 1.165) is 0 Å². The van der Waals surface area contributed by atoms with E-state index in [4.69, 9.17) is 4.74 Å². The van der Waals surface area contributed by atoms with Crippen LogP contribution in [-0.2, 0) is 19.1 Å². The molecule has 0 saturated carbocycles. The Morgan fingerprint density at radius 3 is 2.62 bits per heavy atom. The number of hydrogen-bond donors (Lipinski definition) is 1. The molecule has 1 heterocycles. The highest BCUT2D eigenvalue weighted by Crippen LogP contribution is 2.14. The summed E-state index contributed by atoms with van der Waals surface area (Å²) < 4.78 is 9.85. The van der Waals surface area contributed by atoms with Crippen LogP contribution in [0.1, 0.15) is 12.8 Å². The third kappa shape index (κ3) is 3.79. The van der Waals surface area contributed by atoms with Crippen LogP contribution in [0.3, 0.4) is 0 Å². The molecule has 0 unspecified atom stereocenters. The molecule has 1 fully saturated rings. The minimum Gasteiger partial charge on any atom is -0.381 e. The predicted octanol–water partition coefficient (Wildman–Crippen LogP) is -0.451. The van der Waals surface area contributed by atoms with E-state index in [1.54, 1.807) is 0 Å². The largest absolute Gasteiger partial charge is 0.381 e. The van der Waals surface area contributed by atoms with Crippen molar-refractivity contribution in [2.75, 3.05) is 34.0 Å². The second-order valence-electron chi connectivity index (χ2n) is 3.75. The lowest BCUT2D eigenvalue weighted by Gasteiger charge is -2.24. The number of ether oxygens (including phenoxy) is 2. The average molecular weight is 230 g/mol. The molecule has 2 amide bonds. The SMILES string of the molecule is COCC(=O)N(C)NC(=O)C1CCOCC1. The van der Waals surface area contributed by atoms with Crippen molar-refractivity contribution < 1.29 is 19.1 Å². The highest BCUT2D eigenvalue weighted by molar-refractivity contribution is 5.83. The fourth-order valence-electron chi connectivity index (χ4n) is 1.50. The Balaban J connectivity index is 2.34. The van der Waals surface area contributed by atoms with Gasteiger partial charge < -0.3 is 9.47 Å². The number of likely N-dealkylation sites (N-methyl/N-ethyl adjacent to an activating group) is 1. The van der Waals surface area contributed by atoms with Gasteiger partial charge in [0.05, 0.1) is 0 Å². The van der Waals surface area contributed by atoms with Crippen LogP contribution in [0.15, 0.2) is 0 Å². The number of carbonyl (C=O) groups is 2. The van der Waals surface area contributed by atoms with E-state index < -0.39 is 0 Å². The van der Waals surface area contributed by atoms with Gasteiger partial charge in [0.1, 0.15) is 6.61 Å². The maximum atomic E-state index is 11.7. The summed E-state index contributed by atoms with van der Waals surface area (Å²) in [4.78, 5) is 23.0. The van der Waals surface area contributed by atoms with Crippen molar-refractivity contribution in [3.63, 3.8) is 0 Å². The number of hydrazine groups is 1. The number of rotatable bonds is 3. The topological polar surface area (TPSA) is 67.9 Å². The number of nitrogens with one attached hydrogen (secondary N) is 1. The van der Waals surface area contributed by atoms with Crippen molar-refractivity contribution in [1.29, 1.82) is 0 Å². The van der Waals surface area contributed by atoms with Gasteiger partial charge in [-0.2, -0.15) is 0 Å². The Bertz CT molecular complexity index is 251. The van der Waals surface area contributed by atoms with Crippen LogP contribution in [0.4, 0.5) is 0 Å². The van der Waals surface area contributed by atoms with Gasteiger partial charge in [-0.3, -0.25) is 20.0 Å². The van der Waals surface area contributed by atoms with Crippen molar-refractivity contribution in [3.05, 3.63) is 0 Å². The molecule has 0 aliphatic carbocycles. The number of hydrogen-bond acceptors (Lipinski definition) is 4. The molecule has 0 atom stereocenters. The lowest BCUT2D eigenvalue weighted by atomic mass is 10.00. The molecule has 0 spiro atoms. The van der Waals surface area contributed by atoms with Crippen LogP contribution >= 0.6 is 0 Å². The van der Waals surface area contributed by atoms with Crippen LogP contribution in [0.5, 0.6) is 0 Å². The van der Waals surface area contributed by atoms with E-state index in [9.17, 15) is 9.59 Å². The normalized spacial score (nSPS) is 16.9. The number of methoxy groups -OCH3 is 1. The minimum atomic E-state index is -0.275. The first-order chi connectivity index (χ1) is 7.65. The molecule has 6 heteroatoms. The molecule has 16 heavy (non-hydrogen) atoms. The van der Waals surface area contributed by atoms with Gasteiger partial charge >= 0.3 is 0 Å². The van der Waals surface area contributed by atoms with Crippen LogP contribution in [-0.4, -0.2) is 50.8 Å². The molecule has 0 aromatic carbocycles. The van der Waals surface area contributed by atoms with E-state index in [2.05, 4.69) is 10.2 Å². The summed E-state index contributed by atoms with van der Waals surface area (Å²) in [7, 11) is 2.95. The van der Waals surface area contributed by atoms with Gasteiger partial charge in [0.2, 0.25) is 5.91 Å². The molecule has 0 radical (unpaired) electrons. The fourth-order valence-corrected chi connectivity index (χ4v) is 1.50. The molecular formula is C10H18N2O4. The maximum Gasteiger partial charge on any atom is 0.266 e. The average Bonchev–Trinajstić information content (AvgIpc) is 2.30. The van der Waals surface area contributed by atoms with Crippen molar-refractivity contribution in [3.8, 4) is 0 Å². The molecule has 6 nitrogen and oxygen atoms in total. The third-order valence-corrected chi connectivity index (χ3v) is 2.51. The van der Waals surface area contributed by atoms with Gasteiger partial charge in [-0.1, -0.05) is 0 Å². The fraction of sp³-hybridized carbons (Fsp3) is 0.800. The monoisotopic (exact) mass is 230 g/mol. The smallest absolute Gasteiger partial charge is 0.266 e. The summed E-state index contributed by atoms with van der Waals surface area (Å²) >= 11 is 0. The van der Waals surface area contributed by atoms with E-state index in [0.29, 0.717) is 26.1 Å². The van der Waals surface area contributed by atoms with Crippen LogP contribution in [0.2, 0.25) is 0 Å². The van der Waals surface area contributed by atoms with Gasteiger partial charge in [0, 0.05) is 33.3 Å². The molecule has 0 aromatic heterocycles. The molecule has 1 rings (SSSR count). The first kappa shape index (κ1) is 12.9. The molecule has 0 aromatic rings. The van der Waals surface area contributed by atoms with Gasteiger partial charge in [-0.05, 0) is 12.8 Å². The zero-order chi connectivity index (χ0) is 12.0. The van der Waals surface area contributed by atoms with Gasteiger partial charge in [0.25, 0.3) is 5.91 Å². The number of amides is 2. The molecule has 1 aliphatic rings. The quantitative estimate of drug-likeness (QED) is 0.667. The minimum absolute atomic E-state index is 0.0371. The van der Waals surface area contributed by atoms with E-state index in [-0.39, 0.29) is 24.3 Å². The summed E-state index contributed by atoms with van der Waals surface area (Å²) in [5.41, 5.74) is 2.54. The Kier molecular flexibility index (Phi) is 5.21. The maximum absolute atomic E-state index is 11.7. The molecule has 0 bridgehead atoms. The number of carbonyl (C=O) groups excluding carboxylic acids is 2. The van der Waals surface area contributed by atoms with Gasteiger partial charge in [-0.15, -0.1) is 0 Å². The Hall–Kier alpha value is -1.14. The van der Waals surface area contributed by atoms with Crippen LogP contribution in [0, 0.1) is 5.92 Å². The second kappa shape index (κ2) is 6.44. The molecule has 92 valence electrons. The third-order valence-electron chi connectivity index (χ3n) is 2.51. The van der Waals surface area contributed by atoms with Crippen molar-refractivity contribution >= 4 is 11.8 Å². The molecule has 1 N–H and O–H groups in total. The first-order valence-electron chi connectivity index (χ1n) is 5.29. The lowest BCUT2D eigenvalue weighted by Crippen LogP contribution is -2.47. The summed E-state index contributed by atoms with van der Waals surface area (Å²) in [5, 5.41) is 1.17. The summed E-state index contributed by atoms with van der Waals surface area (Å²) in [6, 6.07) is 0. The summed E-state index contributed by atoms with van der Waals surface area (Å²) in [6.07, 6.45) is 1.41. The summed E-state index contributed by atoms with van der Waals surface area (Å²) in [5.74, 6) is -0.468. The standard InChI is InChI=1S/C10H18N2O4/c1-12(9(13)7-15-2)11-10(14)8-3-5-16-6-4-8/h8H,3-7H2,1-2H3,(H,11,14). The number of nitrogens with zero attached hydrogens (tertiary/aromatic N) is 1. The van der Waals surface area contributed by atoms with Crippen molar-refractivity contribution in [1.82, 2.24) is 10.4 Å². The van der Waals surface area contributed by atoms with Gasteiger partial charge in [0.15, 0.2) is 0 Å². The molecule has 1 saturated heterocycles. The van der Waals surface area contributed by atoms with E-state index in [1.165, 1.54) is 19.2 Å². The zero-order valence-corrected chi connectivity index (χ0v) is 9.69. The Morgan fingerprint density at radius 1 is 1.44 bits per heavy atom. The van der Waals surface area contributed by atoms with Crippen LogP contribution < -0.4 is 5.43 Å². The molecular weight excluding hydrogens is 212 g/mol. The highest BCUT2D eigenvalue weighted by atomic mass is 16.5.